The Bertz CT molecular complexity index is 620. The fraction of sp³-hybridized carbons (Fsp3) is 0.619. The van der Waals surface area contributed by atoms with Gasteiger partial charge in [-0.15, -0.1) is 0 Å². The minimum Gasteiger partial charge on any atom is -0.349 e. The molecule has 3 rings (SSSR count). The zero-order valence-electron chi connectivity index (χ0n) is 16.6. The second-order valence-electron chi connectivity index (χ2n) is 7.59. The smallest absolute Gasteiger partial charge is 0.251 e. The van der Waals surface area contributed by atoms with Gasteiger partial charge in [0.1, 0.15) is 0 Å². The van der Waals surface area contributed by atoms with Gasteiger partial charge in [-0.05, 0) is 38.4 Å². The number of hydrogen-bond donors (Lipinski definition) is 1. The Balaban J connectivity index is 1.44. The number of benzene rings is 1. The van der Waals surface area contributed by atoms with Crippen molar-refractivity contribution >= 4 is 11.8 Å². The normalized spacial score (nSPS) is 21.0. The van der Waals surface area contributed by atoms with Crippen molar-refractivity contribution in [3.8, 4) is 0 Å². The zero-order valence-corrected chi connectivity index (χ0v) is 16.6. The Labute approximate surface area is 162 Å². The van der Waals surface area contributed by atoms with Gasteiger partial charge in [0.15, 0.2) is 0 Å². The molecule has 0 bridgehead atoms. The number of likely N-dealkylation sites (N-methyl/N-ethyl adjacent to an activating group) is 1. The van der Waals surface area contributed by atoms with Crippen LogP contribution in [0.5, 0.6) is 0 Å². The second kappa shape index (κ2) is 9.33. The highest BCUT2D eigenvalue weighted by atomic mass is 16.2. The summed E-state index contributed by atoms with van der Waals surface area (Å²) >= 11 is 0. The second-order valence-corrected chi connectivity index (χ2v) is 7.59. The lowest BCUT2D eigenvalue weighted by Gasteiger charge is -2.40. The highest BCUT2D eigenvalue weighted by Gasteiger charge is 2.31. The van der Waals surface area contributed by atoms with E-state index in [0.29, 0.717) is 5.56 Å². The molecule has 6 heteroatoms. The molecule has 2 aliphatic heterocycles. The lowest BCUT2D eigenvalue weighted by Crippen LogP contribution is -2.56. The van der Waals surface area contributed by atoms with Gasteiger partial charge >= 0.3 is 0 Å². The molecule has 1 atom stereocenters. The Morgan fingerprint density at radius 3 is 2.26 bits per heavy atom. The first kappa shape index (κ1) is 19.8. The molecule has 2 heterocycles. The van der Waals surface area contributed by atoms with Crippen LogP contribution in [0.2, 0.25) is 0 Å². The Morgan fingerprint density at radius 2 is 1.67 bits per heavy atom. The van der Waals surface area contributed by atoms with Crippen molar-refractivity contribution < 1.29 is 9.59 Å². The molecule has 2 saturated heterocycles. The number of piperidine rings is 1. The average molecular weight is 373 g/mol. The summed E-state index contributed by atoms with van der Waals surface area (Å²) in [5.41, 5.74) is 0.703. The molecule has 2 aliphatic rings. The van der Waals surface area contributed by atoms with Gasteiger partial charge in [0.05, 0.1) is 6.04 Å². The summed E-state index contributed by atoms with van der Waals surface area (Å²) in [6, 6.07) is 9.45. The number of likely N-dealkylation sites (tertiary alicyclic amines) is 1. The third-order valence-corrected chi connectivity index (χ3v) is 5.94. The number of nitrogens with zero attached hydrogens (tertiary/aromatic N) is 3. The molecule has 0 aromatic heterocycles. The van der Waals surface area contributed by atoms with E-state index >= 15 is 0 Å². The summed E-state index contributed by atoms with van der Waals surface area (Å²) in [7, 11) is 0. The molecule has 27 heavy (non-hydrogen) atoms. The summed E-state index contributed by atoms with van der Waals surface area (Å²) in [5, 5.41) is 3.13. The molecule has 6 nitrogen and oxygen atoms in total. The van der Waals surface area contributed by atoms with Crippen molar-refractivity contribution in [1.82, 2.24) is 20.0 Å². The number of carbonyl (C=O) groups excluding carboxylic acids is 2. The molecule has 2 fully saturated rings. The summed E-state index contributed by atoms with van der Waals surface area (Å²) < 4.78 is 0. The maximum absolute atomic E-state index is 12.8. The maximum Gasteiger partial charge on any atom is 0.251 e. The van der Waals surface area contributed by atoms with Gasteiger partial charge in [-0.1, -0.05) is 25.1 Å². The van der Waals surface area contributed by atoms with Gasteiger partial charge < -0.3 is 15.1 Å². The van der Waals surface area contributed by atoms with Crippen LogP contribution in [-0.4, -0.2) is 84.4 Å². The first-order valence-corrected chi connectivity index (χ1v) is 10.2. The van der Waals surface area contributed by atoms with Gasteiger partial charge in [-0.25, -0.2) is 0 Å². The molecule has 0 spiro atoms. The fourth-order valence-corrected chi connectivity index (χ4v) is 3.99. The van der Waals surface area contributed by atoms with E-state index in [1.807, 2.05) is 42.2 Å². The van der Waals surface area contributed by atoms with Crippen molar-refractivity contribution in [2.24, 2.45) is 0 Å². The number of hydrogen-bond acceptors (Lipinski definition) is 4. The van der Waals surface area contributed by atoms with Crippen LogP contribution in [0, 0.1) is 0 Å². The van der Waals surface area contributed by atoms with Gasteiger partial charge in [-0.2, -0.15) is 0 Å². The minimum absolute atomic E-state index is 0.00744. The van der Waals surface area contributed by atoms with Gasteiger partial charge in [0.2, 0.25) is 5.91 Å². The highest BCUT2D eigenvalue weighted by Crippen LogP contribution is 2.16. The molecule has 0 saturated carbocycles. The quantitative estimate of drug-likeness (QED) is 0.850. The monoisotopic (exact) mass is 372 g/mol. The number of piperazine rings is 1. The SMILES string of the molecule is CCN1CCN(C(=O)C(C)N2CCC(NC(=O)c3ccccc3)CC2)CC1. The average Bonchev–Trinajstić information content (AvgIpc) is 2.74. The van der Waals surface area contributed by atoms with Gasteiger partial charge in [-0.3, -0.25) is 14.5 Å². The predicted molar refractivity (Wildman–Crippen MR) is 107 cm³/mol. The maximum atomic E-state index is 12.8. The zero-order chi connectivity index (χ0) is 19.2. The molecule has 1 aromatic carbocycles. The summed E-state index contributed by atoms with van der Waals surface area (Å²) in [6.45, 7) is 10.6. The van der Waals surface area contributed by atoms with E-state index in [-0.39, 0.29) is 23.9 Å². The van der Waals surface area contributed by atoms with Gasteiger partial charge in [0.25, 0.3) is 5.91 Å². The van der Waals surface area contributed by atoms with Crippen LogP contribution in [-0.2, 0) is 4.79 Å². The van der Waals surface area contributed by atoms with Crippen molar-refractivity contribution in [2.75, 3.05) is 45.8 Å². The van der Waals surface area contributed by atoms with Crippen LogP contribution < -0.4 is 5.32 Å². The summed E-state index contributed by atoms with van der Waals surface area (Å²) in [4.78, 5) is 31.8. The largest absolute Gasteiger partial charge is 0.349 e. The minimum atomic E-state index is -0.0797. The van der Waals surface area contributed by atoms with E-state index in [9.17, 15) is 9.59 Å². The molecule has 2 amide bonds. The molecule has 0 radical (unpaired) electrons. The Hall–Kier alpha value is -1.92. The van der Waals surface area contributed by atoms with Crippen LogP contribution in [0.15, 0.2) is 30.3 Å². The van der Waals surface area contributed by atoms with E-state index < -0.39 is 0 Å². The third-order valence-electron chi connectivity index (χ3n) is 5.94. The highest BCUT2D eigenvalue weighted by molar-refractivity contribution is 5.94. The standard InChI is InChI=1S/C21H32N4O2/c1-3-23-13-15-25(16-14-23)21(27)17(2)24-11-9-19(10-12-24)22-20(26)18-7-5-4-6-8-18/h4-8,17,19H,3,9-16H2,1-2H3,(H,22,26). The number of nitrogens with one attached hydrogen (secondary N) is 1. The molecule has 0 aliphatic carbocycles. The fourth-order valence-electron chi connectivity index (χ4n) is 3.99. The van der Waals surface area contributed by atoms with E-state index in [0.717, 1.165) is 58.7 Å². The Morgan fingerprint density at radius 1 is 1.04 bits per heavy atom. The third kappa shape index (κ3) is 5.08. The first-order chi connectivity index (χ1) is 13.1. The van der Waals surface area contributed by atoms with E-state index in [4.69, 9.17) is 0 Å². The van der Waals surface area contributed by atoms with Crippen LogP contribution in [0.1, 0.15) is 37.0 Å². The lowest BCUT2D eigenvalue weighted by atomic mass is 10.0. The van der Waals surface area contributed by atoms with Crippen LogP contribution in [0.3, 0.4) is 0 Å². The molecule has 1 aromatic rings. The number of carbonyl (C=O) groups is 2. The predicted octanol–water partition coefficient (Wildman–Crippen LogP) is 1.43. The van der Waals surface area contributed by atoms with Crippen molar-refractivity contribution in [3.63, 3.8) is 0 Å². The lowest BCUT2D eigenvalue weighted by molar-refractivity contribution is -0.138. The van der Waals surface area contributed by atoms with Crippen molar-refractivity contribution in [1.29, 1.82) is 0 Å². The molecule has 1 unspecified atom stereocenters. The molecular weight excluding hydrogens is 340 g/mol. The Kier molecular flexibility index (Phi) is 6.85. The number of amides is 2. The van der Waals surface area contributed by atoms with Crippen LogP contribution >= 0.6 is 0 Å². The van der Waals surface area contributed by atoms with Crippen LogP contribution in [0.4, 0.5) is 0 Å². The summed E-state index contributed by atoms with van der Waals surface area (Å²) in [6.07, 6.45) is 1.78. The van der Waals surface area contributed by atoms with E-state index in [2.05, 4.69) is 22.0 Å². The van der Waals surface area contributed by atoms with Gasteiger partial charge in [0, 0.05) is 50.9 Å². The van der Waals surface area contributed by atoms with E-state index in [1.54, 1.807) is 0 Å². The summed E-state index contributed by atoms with van der Waals surface area (Å²) in [5.74, 6) is 0.240. The van der Waals surface area contributed by atoms with Crippen molar-refractivity contribution in [3.05, 3.63) is 35.9 Å². The number of rotatable bonds is 5. The van der Waals surface area contributed by atoms with Crippen molar-refractivity contribution in [2.45, 2.75) is 38.8 Å². The molecular formula is C21H32N4O2. The van der Waals surface area contributed by atoms with Crippen LogP contribution in [0.25, 0.3) is 0 Å². The first-order valence-electron chi connectivity index (χ1n) is 10.2. The van der Waals surface area contributed by atoms with E-state index in [1.165, 1.54) is 0 Å². The topological polar surface area (TPSA) is 55.9 Å². The molecule has 1 N–H and O–H groups in total. The molecule has 148 valence electrons.